The molecule has 0 saturated heterocycles. The average Bonchev–Trinajstić information content (AvgIpc) is 3.05. The Kier molecular flexibility index (Phi) is 9.66. The minimum absolute atomic E-state index is 0. The normalized spacial score (nSPS) is 15.7. The zero-order chi connectivity index (χ0) is 16.7. The second-order valence-corrected chi connectivity index (χ2v) is 6.83. The fourth-order valence-electron chi connectivity index (χ4n) is 2.97. The Morgan fingerprint density at radius 3 is 2.42 bits per heavy atom. The summed E-state index contributed by atoms with van der Waals surface area (Å²) >= 11 is 0. The van der Waals surface area contributed by atoms with Gasteiger partial charge in [-0.25, -0.2) is 0 Å². The third kappa shape index (κ3) is 6.59. The Hall–Kier alpha value is -0.820. The van der Waals surface area contributed by atoms with Gasteiger partial charge in [-0.1, -0.05) is 37.1 Å². The van der Waals surface area contributed by atoms with Crippen LogP contribution in [0.4, 0.5) is 0 Å². The fourth-order valence-corrected chi connectivity index (χ4v) is 2.97. The SMILES string of the molecule is CN=C(NCc1ccccc1CN(C)C(C)C)NC1CCCC1.I. The van der Waals surface area contributed by atoms with Crippen LogP contribution in [0.25, 0.3) is 0 Å². The predicted molar refractivity (Wildman–Crippen MR) is 114 cm³/mol. The molecule has 2 N–H and O–H groups in total. The first-order valence-electron chi connectivity index (χ1n) is 8.84. The third-order valence-corrected chi connectivity index (χ3v) is 4.79. The lowest BCUT2D eigenvalue weighted by molar-refractivity contribution is 0.265. The van der Waals surface area contributed by atoms with Crippen LogP contribution in [0.15, 0.2) is 29.3 Å². The molecule has 0 atom stereocenters. The molecule has 1 saturated carbocycles. The van der Waals surface area contributed by atoms with Gasteiger partial charge in [0, 0.05) is 32.2 Å². The van der Waals surface area contributed by atoms with E-state index in [9.17, 15) is 0 Å². The lowest BCUT2D eigenvalue weighted by atomic mass is 10.1. The highest BCUT2D eigenvalue weighted by Crippen LogP contribution is 2.17. The molecule has 0 bridgehead atoms. The van der Waals surface area contributed by atoms with Crippen LogP contribution in [0.3, 0.4) is 0 Å². The zero-order valence-corrected chi connectivity index (χ0v) is 17.8. The highest BCUT2D eigenvalue weighted by molar-refractivity contribution is 14.0. The Labute approximate surface area is 164 Å². The van der Waals surface area contributed by atoms with Crippen LogP contribution in [-0.2, 0) is 13.1 Å². The van der Waals surface area contributed by atoms with Gasteiger partial charge in [-0.15, -0.1) is 24.0 Å². The van der Waals surface area contributed by atoms with Crippen molar-refractivity contribution in [3.63, 3.8) is 0 Å². The van der Waals surface area contributed by atoms with Gasteiger partial charge in [0.25, 0.3) is 0 Å². The molecule has 0 aliphatic heterocycles. The van der Waals surface area contributed by atoms with Crippen molar-refractivity contribution in [1.82, 2.24) is 15.5 Å². The van der Waals surface area contributed by atoms with E-state index in [1.54, 1.807) is 0 Å². The van der Waals surface area contributed by atoms with Crippen molar-refractivity contribution in [2.24, 2.45) is 4.99 Å². The largest absolute Gasteiger partial charge is 0.354 e. The lowest BCUT2D eigenvalue weighted by Crippen LogP contribution is -2.42. The standard InChI is InChI=1S/C19H32N4.HI/c1-15(2)23(4)14-17-10-6-5-9-16(17)13-21-19(20-3)22-18-11-7-8-12-18;/h5-6,9-10,15,18H,7-8,11-14H2,1-4H3,(H2,20,21,22);1H. The molecule has 24 heavy (non-hydrogen) atoms. The van der Waals surface area contributed by atoms with Crippen molar-refractivity contribution in [1.29, 1.82) is 0 Å². The summed E-state index contributed by atoms with van der Waals surface area (Å²) in [5, 5.41) is 7.02. The van der Waals surface area contributed by atoms with Crippen molar-refractivity contribution in [3.8, 4) is 0 Å². The van der Waals surface area contributed by atoms with E-state index in [4.69, 9.17) is 0 Å². The molecule has 0 radical (unpaired) electrons. The Morgan fingerprint density at radius 2 is 1.83 bits per heavy atom. The molecule has 4 nitrogen and oxygen atoms in total. The Morgan fingerprint density at radius 1 is 1.21 bits per heavy atom. The van der Waals surface area contributed by atoms with Crippen LogP contribution in [0.2, 0.25) is 0 Å². The minimum Gasteiger partial charge on any atom is -0.354 e. The van der Waals surface area contributed by atoms with E-state index in [1.165, 1.54) is 36.8 Å². The molecule has 5 heteroatoms. The number of hydrogen-bond donors (Lipinski definition) is 2. The van der Waals surface area contributed by atoms with E-state index in [2.05, 4.69) is 65.7 Å². The minimum atomic E-state index is 0. The maximum absolute atomic E-state index is 4.37. The molecule has 136 valence electrons. The monoisotopic (exact) mass is 444 g/mol. The van der Waals surface area contributed by atoms with E-state index in [1.807, 2.05) is 7.05 Å². The summed E-state index contributed by atoms with van der Waals surface area (Å²) in [4.78, 5) is 6.73. The maximum atomic E-state index is 4.37. The van der Waals surface area contributed by atoms with Gasteiger partial charge in [0.1, 0.15) is 0 Å². The molecule has 1 aromatic rings. The molecular formula is C19H33IN4. The van der Waals surface area contributed by atoms with Crippen molar-refractivity contribution in [2.75, 3.05) is 14.1 Å². The van der Waals surface area contributed by atoms with Crippen LogP contribution in [0.1, 0.15) is 50.7 Å². The summed E-state index contributed by atoms with van der Waals surface area (Å²) < 4.78 is 0. The van der Waals surface area contributed by atoms with Crippen molar-refractivity contribution in [3.05, 3.63) is 35.4 Å². The number of aliphatic imine (C=N–C) groups is 1. The van der Waals surface area contributed by atoms with E-state index >= 15 is 0 Å². The first kappa shape index (κ1) is 21.2. The first-order chi connectivity index (χ1) is 11.1. The summed E-state index contributed by atoms with van der Waals surface area (Å²) in [5.41, 5.74) is 2.72. The van der Waals surface area contributed by atoms with Crippen LogP contribution in [0, 0.1) is 0 Å². The molecule has 0 unspecified atom stereocenters. The second-order valence-electron chi connectivity index (χ2n) is 6.83. The van der Waals surface area contributed by atoms with Crippen LogP contribution < -0.4 is 10.6 Å². The molecule has 1 fully saturated rings. The van der Waals surface area contributed by atoms with Gasteiger partial charge < -0.3 is 10.6 Å². The van der Waals surface area contributed by atoms with Crippen LogP contribution >= 0.6 is 24.0 Å². The molecule has 1 aliphatic carbocycles. The number of nitrogens with zero attached hydrogens (tertiary/aromatic N) is 2. The summed E-state index contributed by atoms with van der Waals surface area (Å²) in [7, 11) is 4.03. The van der Waals surface area contributed by atoms with Gasteiger partial charge in [-0.3, -0.25) is 9.89 Å². The van der Waals surface area contributed by atoms with Gasteiger partial charge in [0.15, 0.2) is 5.96 Å². The van der Waals surface area contributed by atoms with Gasteiger partial charge in [0.2, 0.25) is 0 Å². The number of nitrogens with one attached hydrogen (secondary N) is 2. The average molecular weight is 444 g/mol. The van der Waals surface area contributed by atoms with Crippen LogP contribution in [-0.4, -0.2) is 37.0 Å². The predicted octanol–water partition coefficient (Wildman–Crippen LogP) is 3.75. The maximum Gasteiger partial charge on any atom is 0.191 e. The quantitative estimate of drug-likeness (QED) is 0.399. The molecule has 2 rings (SSSR count). The van der Waals surface area contributed by atoms with Crippen molar-refractivity contribution < 1.29 is 0 Å². The van der Waals surface area contributed by atoms with Crippen molar-refractivity contribution in [2.45, 2.75) is 64.7 Å². The summed E-state index contributed by atoms with van der Waals surface area (Å²) in [5.74, 6) is 0.920. The molecule has 0 aromatic heterocycles. The number of halogens is 1. The summed E-state index contributed by atoms with van der Waals surface area (Å²) in [6.07, 6.45) is 5.19. The molecule has 0 amide bonds. The molecular weight excluding hydrogens is 411 g/mol. The summed E-state index contributed by atoms with van der Waals surface area (Å²) in [6.45, 7) is 6.25. The molecule has 0 heterocycles. The van der Waals surface area contributed by atoms with Gasteiger partial charge >= 0.3 is 0 Å². The van der Waals surface area contributed by atoms with Gasteiger partial charge in [0.05, 0.1) is 0 Å². The van der Waals surface area contributed by atoms with Crippen LogP contribution in [0.5, 0.6) is 0 Å². The number of benzene rings is 1. The fraction of sp³-hybridized carbons (Fsp3) is 0.632. The summed E-state index contributed by atoms with van der Waals surface area (Å²) in [6, 6.07) is 9.81. The second kappa shape index (κ2) is 10.9. The van der Waals surface area contributed by atoms with Gasteiger partial charge in [-0.05, 0) is 44.9 Å². The molecule has 1 aromatic carbocycles. The van der Waals surface area contributed by atoms with Gasteiger partial charge in [-0.2, -0.15) is 0 Å². The van der Waals surface area contributed by atoms with E-state index in [-0.39, 0.29) is 24.0 Å². The number of rotatable bonds is 6. The Balaban J connectivity index is 0.00000288. The molecule has 0 spiro atoms. The topological polar surface area (TPSA) is 39.7 Å². The first-order valence-corrected chi connectivity index (χ1v) is 8.84. The van der Waals surface area contributed by atoms with E-state index in [0.29, 0.717) is 12.1 Å². The molecule has 1 aliphatic rings. The van der Waals surface area contributed by atoms with E-state index < -0.39 is 0 Å². The lowest BCUT2D eigenvalue weighted by Gasteiger charge is -2.23. The highest BCUT2D eigenvalue weighted by atomic mass is 127. The Bertz CT molecular complexity index is 510. The third-order valence-electron chi connectivity index (χ3n) is 4.79. The number of hydrogen-bond acceptors (Lipinski definition) is 2. The number of guanidine groups is 1. The highest BCUT2D eigenvalue weighted by Gasteiger charge is 2.16. The smallest absolute Gasteiger partial charge is 0.191 e. The van der Waals surface area contributed by atoms with E-state index in [0.717, 1.165) is 19.0 Å². The van der Waals surface area contributed by atoms with Crippen molar-refractivity contribution >= 4 is 29.9 Å². The zero-order valence-electron chi connectivity index (χ0n) is 15.5.